The van der Waals surface area contributed by atoms with Crippen LogP contribution in [0.3, 0.4) is 0 Å². The van der Waals surface area contributed by atoms with Gasteiger partial charge in [0, 0.05) is 17.8 Å². The molecular weight excluding hydrogens is 300 g/mol. The highest BCUT2D eigenvalue weighted by atomic mass is 16.1. The summed E-state index contributed by atoms with van der Waals surface area (Å²) >= 11 is 0. The van der Waals surface area contributed by atoms with E-state index in [9.17, 15) is 4.79 Å². The highest BCUT2D eigenvalue weighted by Crippen LogP contribution is 2.39. The van der Waals surface area contributed by atoms with Gasteiger partial charge in [0.15, 0.2) is 0 Å². The first kappa shape index (κ1) is 14.9. The van der Waals surface area contributed by atoms with Crippen molar-refractivity contribution in [2.75, 3.05) is 5.32 Å². The van der Waals surface area contributed by atoms with Gasteiger partial charge >= 0.3 is 0 Å². The summed E-state index contributed by atoms with van der Waals surface area (Å²) in [5.41, 5.74) is 2.71. The molecule has 0 saturated heterocycles. The van der Waals surface area contributed by atoms with Crippen LogP contribution in [0.5, 0.6) is 0 Å². The largest absolute Gasteiger partial charge is 0.339 e. The van der Waals surface area contributed by atoms with Crippen molar-refractivity contribution in [1.82, 2.24) is 15.0 Å². The molecule has 1 fully saturated rings. The summed E-state index contributed by atoms with van der Waals surface area (Å²) < 4.78 is 0. The Morgan fingerprint density at radius 1 is 1.21 bits per heavy atom. The zero-order valence-electron chi connectivity index (χ0n) is 13.8. The molecule has 1 saturated carbocycles. The molecule has 0 atom stereocenters. The molecule has 0 radical (unpaired) electrons. The second kappa shape index (κ2) is 5.74. The van der Waals surface area contributed by atoms with Crippen LogP contribution in [0.15, 0.2) is 41.3 Å². The molecule has 1 aliphatic carbocycles. The molecule has 4 rings (SSSR count). The molecular formula is C19H20N4O. The summed E-state index contributed by atoms with van der Waals surface area (Å²) in [7, 11) is 0. The Bertz CT molecular complexity index is 957. The van der Waals surface area contributed by atoms with Gasteiger partial charge in [-0.05, 0) is 42.5 Å². The minimum absolute atomic E-state index is 0.169. The standard InChI is InChI=1S/C19H20N4O/c1-11(2)13-4-3-5-14(10-13)21-18-16-15(8-9-20-19(16)24)22-17(23-18)12-6-7-12/h3-5,8-12H,6-7H2,1-2H3,(H,20,24)(H,21,22,23). The van der Waals surface area contributed by atoms with Crippen molar-refractivity contribution < 1.29 is 0 Å². The van der Waals surface area contributed by atoms with Gasteiger partial charge in [-0.2, -0.15) is 0 Å². The van der Waals surface area contributed by atoms with Gasteiger partial charge in [0.2, 0.25) is 0 Å². The van der Waals surface area contributed by atoms with Crippen molar-refractivity contribution in [3.8, 4) is 0 Å². The van der Waals surface area contributed by atoms with E-state index in [1.165, 1.54) is 5.56 Å². The second-order valence-corrected chi connectivity index (χ2v) is 6.68. The van der Waals surface area contributed by atoms with Crippen LogP contribution < -0.4 is 10.9 Å². The Labute approximate surface area is 140 Å². The lowest BCUT2D eigenvalue weighted by Crippen LogP contribution is -2.11. The Morgan fingerprint density at radius 2 is 2.04 bits per heavy atom. The number of aromatic amines is 1. The normalized spacial score (nSPS) is 14.3. The van der Waals surface area contributed by atoms with Crippen molar-refractivity contribution in [1.29, 1.82) is 0 Å². The first-order chi connectivity index (χ1) is 11.6. The number of nitrogens with one attached hydrogen (secondary N) is 2. The van der Waals surface area contributed by atoms with Crippen LogP contribution in [0.25, 0.3) is 10.9 Å². The van der Waals surface area contributed by atoms with E-state index in [0.717, 1.165) is 24.4 Å². The lowest BCUT2D eigenvalue weighted by molar-refractivity contribution is 0.867. The number of benzene rings is 1. The van der Waals surface area contributed by atoms with Gasteiger partial charge in [-0.3, -0.25) is 4.79 Å². The van der Waals surface area contributed by atoms with Gasteiger partial charge in [-0.1, -0.05) is 26.0 Å². The Morgan fingerprint density at radius 3 is 2.79 bits per heavy atom. The van der Waals surface area contributed by atoms with E-state index >= 15 is 0 Å². The molecule has 0 unspecified atom stereocenters. The quantitative estimate of drug-likeness (QED) is 0.760. The zero-order chi connectivity index (χ0) is 16.7. The number of hydrogen-bond acceptors (Lipinski definition) is 4. The molecule has 122 valence electrons. The van der Waals surface area contributed by atoms with Gasteiger partial charge in [0.1, 0.15) is 17.0 Å². The van der Waals surface area contributed by atoms with Crippen molar-refractivity contribution in [2.45, 2.75) is 38.5 Å². The average Bonchev–Trinajstić information content (AvgIpc) is 3.40. The minimum atomic E-state index is -0.169. The van der Waals surface area contributed by atoms with E-state index in [2.05, 4.69) is 46.2 Å². The third-order valence-corrected chi connectivity index (χ3v) is 4.40. The zero-order valence-corrected chi connectivity index (χ0v) is 13.8. The van der Waals surface area contributed by atoms with Crippen molar-refractivity contribution >= 4 is 22.4 Å². The Kier molecular flexibility index (Phi) is 3.56. The maximum atomic E-state index is 12.3. The molecule has 1 aromatic carbocycles. The molecule has 0 aliphatic heterocycles. The molecule has 5 nitrogen and oxygen atoms in total. The highest BCUT2D eigenvalue weighted by Gasteiger charge is 2.28. The monoisotopic (exact) mass is 320 g/mol. The van der Waals surface area contributed by atoms with E-state index in [-0.39, 0.29) is 5.56 Å². The summed E-state index contributed by atoms with van der Waals surface area (Å²) in [6, 6.07) is 10.1. The number of rotatable bonds is 4. The van der Waals surface area contributed by atoms with Crippen molar-refractivity contribution in [3.63, 3.8) is 0 Å². The van der Waals surface area contributed by atoms with E-state index in [4.69, 9.17) is 0 Å². The van der Waals surface area contributed by atoms with Gasteiger partial charge in [-0.15, -0.1) is 0 Å². The SMILES string of the molecule is CC(C)c1cccc(Nc2nc(C3CC3)nc3cc[nH]c(=O)c23)c1. The molecule has 2 aromatic heterocycles. The Balaban J connectivity index is 1.83. The van der Waals surface area contributed by atoms with Gasteiger partial charge < -0.3 is 10.3 Å². The van der Waals surface area contributed by atoms with Gasteiger partial charge in [0.05, 0.1) is 5.52 Å². The topological polar surface area (TPSA) is 70.7 Å². The number of aromatic nitrogens is 3. The summed E-state index contributed by atoms with van der Waals surface area (Å²) in [6.45, 7) is 4.32. The van der Waals surface area contributed by atoms with Crippen LogP contribution in [0.1, 0.15) is 49.9 Å². The molecule has 1 aliphatic rings. The van der Waals surface area contributed by atoms with Crippen molar-refractivity contribution in [2.24, 2.45) is 0 Å². The number of H-pyrrole nitrogens is 1. The fourth-order valence-electron chi connectivity index (χ4n) is 2.84. The Hall–Kier alpha value is -2.69. The predicted octanol–water partition coefficient (Wildman–Crippen LogP) is 4.06. The van der Waals surface area contributed by atoms with E-state index in [1.54, 1.807) is 6.20 Å². The van der Waals surface area contributed by atoms with Crippen molar-refractivity contribution in [3.05, 3.63) is 58.3 Å². The number of pyridine rings is 1. The summed E-state index contributed by atoms with van der Waals surface area (Å²) in [6.07, 6.45) is 3.88. The first-order valence-electron chi connectivity index (χ1n) is 8.38. The average molecular weight is 320 g/mol. The number of fused-ring (bicyclic) bond motifs is 1. The van der Waals surface area contributed by atoms with E-state index in [0.29, 0.717) is 28.6 Å². The van der Waals surface area contributed by atoms with Crippen LogP contribution in [0, 0.1) is 0 Å². The van der Waals surface area contributed by atoms with Crippen LogP contribution in [0.4, 0.5) is 11.5 Å². The highest BCUT2D eigenvalue weighted by molar-refractivity contribution is 5.90. The fourth-order valence-corrected chi connectivity index (χ4v) is 2.84. The van der Waals surface area contributed by atoms with Gasteiger partial charge in [-0.25, -0.2) is 9.97 Å². The second-order valence-electron chi connectivity index (χ2n) is 6.68. The molecule has 2 N–H and O–H groups in total. The first-order valence-corrected chi connectivity index (χ1v) is 8.38. The number of anilines is 2. The third kappa shape index (κ3) is 2.77. The summed E-state index contributed by atoms with van der Waals surface area (Å²) in [5, 5.41) is 3.85. The van der Waals surface area contributed by atoms with Gasteiger partial charge in [0.25, 0.3) is 5.56 Å². The molecule has 0 spiro atoms. The maximum absolute atomic E-state index is 12.3. The number of hydrogen-bond donors (Lipinski definition) is 2. The lowest BCUT2D eigenvalue weighted by atomic mass is 10.0. The number of nitrogens with zero attached hydrogens (tertiary/aromatic N) is 2. The smallest absolute Gasteiger partial charge is 0.261 e. The van der Waals surface area contributed by atoms with Crippen LogP contribution in [0.2, 0.25) is 0 Å². The molecule has 0 bridgehead atoms. The van der Waals surface area contributed by atoms with E-state index < -0.39 is 0 Å². The minimum Gasteiger partial charge on any atom is -0.339 e. The van der Waals surface area contributed by atoms with E-state index in [1.807, 2.05) is 18.2 Å². The fraction of sp³-hybridized carbons (Fsp3) is 0.316. The van der Waals surface area contributed by atoms with Crippen LogP contribution in [-0.2, 0) is 0 Å². The maximum Gasteiger partial charge on any atom is 0.261 e. The molecule has 24 heavy (non-hydrogen) atoms. The third-order valence-electron chi connectivity index (χ3n) is 4.40. The molecule has 0 amide bonds. The molecule has 2 heterocycles. The summed E-state index contributed by atoms with van der Waals surface area (Å²) in [5.74, 6) is 2.29. The molecule has 5 heteroatoms. The van der Waals surface area contributed by atoms with Crippen LogP contribution in [-0.4, -0.2) is 15.0 Å². The molecule has 3 aromatic rings. The summed E-state index contributed by atoms with van der Waals surface area (Å²) in [4.78, 5) is 24.2. The van der Waals surface area contributed by atoms with Crippen LogP contribution >= 0.6 is 0 Å². The lowest BCUT2D eigenvalue weighted by Gasteiger charge is -2.12. The predicted molar refractivity (Wildman–Crippen MR) is 95.9 cm³/mol.